The minimum Gasteiger partial charge on any atom is -0.492 e. The molecule has 0 aromatic heterocycles. The van der Waals surface area contributed by atoms with Gasteiger partial charge in [0.15, 0.2) is 0 Å². The molecule has 0 aliphatic rings. The number of carboxylic acids is 1. The molecule has 1 aromatic rings. The Bertz CT molecular complexity index is 469. The first-order valence-corrected chi connectivity index (χ1v) is 6.98. The third-order valence-electron chi connectivity index (χ3n) is 3.38. The van der Waals surface area contributed by atoms with Crippen molar-refractivity contribution in [2.45, 2.75) is 40.7 Å². The Hall–Kier alpha value is -1.55. The third kappa shape index (κ3) is 4.23. The summed E-state index contributed by atoms with van der Waals surface area (Å²) in [4.78, 5) is 11.1. The zero-order chi connectivity index (χ0) is 15.3. The summed E-state index contributed by atoms with van der Waals surface area (Å²) in [5, 5.41) is 12.4. The first kappa shape index (κ1) is 16.5. The van der Waals surface area contributed by atoms with E-state index in [0.717, 1.165) is 17.9 Å². The summed E-state index contributed by atoms with van der Waals surface area (Å²) in [6.45, 7) is 10.6. The lowest BCUT2D eigenvalue weighted by atomic mass is 9.95. The average Bonchev–Trinajstić information content (AvgIpc) is 2.37. The standard InChI is InChI=1S/C16H25NO3/c1-6-17-12(3)13-7-8-14(11(2)9-13)20-10-16(4,5)15(18)19/h7-9,12,17H,6,10H2,1-5H3,(H,18,19). The number of carboxylic acid groups (broad SMARTS) is 1. The molecule has 0 aliphatic carbocycles. The minimum absolute atomic E-state index is 0.158. The first-order chi connectivity index (χ1) is 9.27. The fourth-order valence-corrected chi connectivity index (χ4v) is 1.85. The number of benzene rings is 1. The van der Waals surface area contributed by atoms with Crippen LogP contribution in [0.15, 0.2) is 18.2 Å². The summed E-state index contributed by atoms with van der Waals surface area (Å²) in [5.74, 6) is -0.112. The van der Waals surface area contributed by atoms with Crippen LogP contribution in [0.25, 0.3) is 0 Å². The molecule has 0 bridgehead atoms. The number of nitrogens with one attached hydrogen (secondary N) is 1. The minimum atomic E-state index is -0.887. The molecule has 1 unspecified atom stereocenters. The van der Waals surface area contributed by atoms with Crippen LogP contribution >= 0.6 is 0 Å². The van der Waals surface area contributed by atoms with Crippen molar-refractivity contribution in [3.63, 3.8) is 0 Å². The molecule has 0 fully saturated rings. The molecule has 0 saturated carbocycles. The van der Waals surface area contributed by atoms with Crippen molar-refractivity contribution in [3.05, 3.63) is 29.3 Å². The lowest BCUT2D eigenvalue weighted by Crippen LogP contribution is -2.30. The maximum atomic E-state index is 11.1. The van der Waals surface area contributed by atoms with E-state index in [1.54, 1.807) is 13.8 Å². The van der Waals surface area contributed by atoms with E-state index >= 15 is 0 Å². The van der Waals surface area contributed by atoms with Gasteiger partial charge in [-0.15, -0.1) is 0 Å². The van der Waals surface area contributed by atoms with Crippen LogP contribution in [-0.4, -0.2) is 24.2 Å². The normalized spacial score (nSPS) is 13.1. The number of hydrogen-bond acceptors (Lipinski definition) is 3. The molecular formula is C16H25NO3. The van der Waals surface area contributed by atoms with Crippen LogP contribution in [0.1, 0.15) is 44.9 Å². The highest BCUT2D eigenvalue weighted by atomic mass is 16.5. The Kier molecular flexibility index (Phi) is 5.57. The largest absolute Gasteiger partial charge is 0.492 e. The molecule has 0 heterocycles. The summed E-state index contributed by atoms with van der Waals surface area (Å²) in [6, 6.07) is 6.30. The maximum Gasteiger partial charge on any atom is 0.312 e. The Morgan fingerprint density at radius 2 is 2.10 bits per heavy atom. The Labute approximate surface area is 121 Å². The van der Waals surface area contributed by atoms with Crippen molar-refractivity contribution in [1.82, 2.24) is 5.32 Å². The van der Waals surface area contributed by atoms with Crippen LogP contribution in [0.4, 0.5) is 0 Å². The number of ether oxygens (including phenoxy) is 1. The molecule has 112 valence electrons. The molecule has 20 heavy (non-hydrogen) atoms. The molecule has 0 aliphatic heterocycles. The van der Waals surface area contributed by atoms with Crippen LogP contribution in [-0.2, 0) is 4.79 Å². The average molecular weight is 279 g/mol. The van der Waals surface area contributed by atoms with E-state index in [9.17, 15) is 4.79 Å². The second-order valence-electron chi connectivity index (χ2n) is 5.78. The molecule has 0 saturated heterocycles. The molecule has 1 rings (SSSR count). The summed E-state index contributed by atoms with van der Waals surface area (Å²) >= 11 is 0. The van der Waals surface area contributed by atoms with Gasteiger partial charge in [-0.25, -0.2) is 0 Å². The summed E-state index contributed by atoms with van der Waals surface area (Å²) in [6.07, 6.45) is 0. The van der Waals surface area contributed by atoms with Gasteiger partial charge in [0.25, 0.3) is 0 Å². The molecule has 1 aromatic carbocycles. The highest BCUT2D eigenvalue weighted by molar-refractivity contribution is 5.73. The number of rotatable bonds is 7. The lowest BCUT2D eigenvalue weighted by molar-refractivity contribution is -0.148. The maximum absolute atomic E-state index is 11.1. The molecule has 1 atom stereocenters. The van der Waals surface area contributed by atoms with Crippen molar-refractivity contribution in [1.29, 1.82) is 0 Å². The molecule has 0 spiro atoms. The first-order valence-electron chi connectivity index (χ1n) is 6.98. The van der Waals surface area contributed by atoms with Gasteiger partial charge in [-0.2, -0.15) is 0 Å². The van der Waals surface area contributed by atoms with Crippen molar-refractivity contribution in [3.8, 4) is 5.75 Å². The number of carbonyl (C=O) groups is 1. The van der Waals surface area contributed by atoms with Gasteiger partial charge in [0.05, 0.1) is 5.41 Å². The molecular weight excluding hydrogens is 254 g/mol. The van der Waals surface area contributed by atoms with Gasteiger partial charge in [-0.1, -0.05) is 19.1 Å². The van der Waals surface area contributed by atoms with Crippen molar-refractivity contribution in [2.24, 2.45) is 5.41 Å². The number of hydrogen-bond donors (Lipinski definition) is 2. The molecule has 0 radical (unpaired) electrons. The summed E-state index contributed by atoms with van der Waals surface area (Å²) in [7, 11) is 0. The summed E-state index contributed by atoms with van der Waals surface area (Å²) < 4.78 is 5.66. The highest BCUT2D eigenvalue weighted by Crippen LogP contribution is 2.25. The molecule has 4 nitrogen and oxygen atoms in total. The van der Waals surface area contributed by atoms with Crippen LogP contribution in [0.3, 0.4) is 0 Å². The third-order valence-corrected chi connectivity index (χ3v) is 3.38. The zero-order valence-corrected chi connectivity index (χ0v) is 13.0. The van der Waals surface area contributed by atoms with Crippen LogP contribution < -0.4 is 10.1 Å². The monoisotopic (exact) mass is 279 g/mol. The van der Waals surface area contributed by atoms with Gasteiger partial charge in [-0.05, 0) is 51.4 Å². The Morgan fingerprint density at radius 3 is 2.60 bits per heavy atom. The fraction of sp³-hybridized carbons (Fsp3) is 0.562. The van der Waals surface area contributed by atoms with Crippen molar-refractivity contribution in [2.75, 3.05) is 13.2 Å². The van der Waals surface area contributed by atoms with E-state index in [-0.39, 0.29) is 6.61 Å². The van der Waals surface area contributed by atoms with E-state index < -0.39 is 11.4 Å². The SMILES string of the molecule is CCNC(C)c1ccc(OCC(C)(C)C(=O)O)c(C)c1. The smallest absolute Gasteiger partial charge is 0.312 e. The fourth-order valence-electron chi connectivity index (χ4n) is 1.85. The molecule has 4 heteroatoms. The van der Waals surface area contributed by atoms with E-state index in [2.05, 4.69) is 25.2 Å². The Balaban J connectivity index is 2.76. The number of aryl methyl sites for hydroxylation is 1. The predicted molar refractivity (Wildman–Crippen MR) is 80.2 cm³/mol. The van der Waals surface area contributed by atoms with Crippen LogP contribution in [0.5, 0.6) is 5.75 Å². The van der Waals surface area contributed by atoms with Crippen LogP contribution in [0.2, 0.25) is 0 Å². The van der Waals surface area contributed by atoms with E-state index in [0.29, 0.717) is 6.04 Å². The zero-order valence-electron chi connectivity index (χ0n) is 13.0. The van der Waals surface area contributed by atoms with E-state index in [4.69, 9.17) is 9.84 Å². The lowest BCUT2D eigenvalue weighted by Gasteiger charge is -2.21. The summed E-state index contributed by atoms with van der Waals surface area (Å²) in [5.41, 5.74) is 1.34. The number of aliphatic carboxylic acids is 1. The second-order valence-corrected chi connectivity index (χ2v) is 5.78. The highest BCUT2D eigenvalue weighted by Gasteiger charge is 2.28. The van der Waals surface area contributed by atoms with Crippen molar-refractivity contribution < 1.29 is 14.6 Å². The van der Waals surface area contributed by atoms with Gasteiger partial charge >= 0.3 is 5.97 Å². The quantitative estimate of drug-likeness (QED) is 0.805. The molecule has 0 amide bonds. The van der Waals surface area contributed by atoms with Gasteiger partial charge in [0.1, 0.15) is 12.4 Å². The molecule has 2 N–H and O–H groups in total. The Morgan fingerprint density at radius 1 is 1.45 bits per heavy atom. The predicted octanol–water partition coefficient (Wildman–Crippen LogP) is 3.16. The van der Waals surface area contributed by atoms with Crippen LogP contribution in [0, 0.1) is 12.3 Å². The van der Waals surface area contributed by atoms with E-state index in [1.807, 2.05) is 19.1 Å². The van der Waals surface area contributed by atoms with Crippen molar-refractivity contribution >= 4 is 5.97 Å². The van der Waals surface area contributed by atoms with Gasteiger partial charge in [-0.3, -0.25) is 4.79 Å². The van der Waals surface area contributed by atoms with E-state index in [1.165, 1.54) is 5.56 Å². The van der Waals surface area contributed by atoms with Gasteiger partial charge in [0.2, 0.25) is 0 Å². The van der Waals surface area contributed by atoms with Gasteiger partial charge < -0.3 is 15.2 Å². The topological polar surface area (TPSA) is 58.6 Å². The second kappa shape index (κ2) is 6.75. The van der Waals surface area contributed by atoms with Gasteiger partial charge in [0, 0.05) is 6.04 Å².